The first-order chi connectivity index (χ1) is 14.3. The van der Waals surface area contributed by atoms with Crippen molar-refractivity contribution in [1.82, 2.24) is 0 Å². The third kappa shape index (κ3) is 7.09. The molecule has 0 aliphatic rings. The maximum Gasteiger partial charge on any atom is 0.412 e. The molecule has 2 atom stereocenters. The van der Waals surface area contributed by atoms with Crippen molar-refractivity contribution in [2.45, 2.75) is 32.8 Å². The normalized spacial score (nSPS) is 12.9. The molecule has 2 aromatic rings. The molecule has 0 fully saturated rings. The number of rotatable bonds is 9. The lowest BCUT2D eigenvalue weighted by Gasteiger charge is -2.24. The molecule has 7 nitrogen and oxygen atoms in total. The molecular formula is C23H25NO6. The van der Waals surface area contributed by atoms with E-state index >= 15 is 0 Å². The lowest BCUT2D eigenvalue weighted by Crippen LogP contribution is -2.22. The van der Waals surface area contributed by atoms with Crippen LogP contribution in [0.15, 0.2) is 60.7 Å². The number of nitrogens with one attached hydrogen (secondary N) is 1. The summed E-state index contributed by atoms with van der Waals surface area (Å²) in [4.78, 5) is 34.4. The van der Waals surface area contributed by atoms with Crippen molar-refractivity contribution < 1.29 is 29.3 Å². The number of carboxylic acid groups (broad SMARTS) is 1. The predicted octanol–water partition coefficient (Wildman–Crippen LogP) is 4.94. The zero-order valence-electron chi connectivity index (χ0n) is 16.9. The smallest absolute Gasteiger partial charge is 0.412 e. The van der Waals surface area contributed by atoms with Crippen LogP contribution in [0.25, 0.3) is 0 Å². The summed E-state index contributed by atoms with van der Waals surface area (Å²) in [6.45, 7) is 3.37. The molecule has 0 aliphatic heterocycles. The fraction of sp³-hybridized carbons (Fsp3) is 0.261. The summed E-state index contributed by atoms with van der Waals surface area (Å²) in [5.41, 5.74) is 1.75. The molecule has 0 heterocycles. The Balaban J connectivity index is 2.09. The van der Waals surface area contributed by atoms with E-state index in [4.69, 9.17) is 9.84 Å². The average molecular weight is 411 g/mol. The number of carboxylic acids is 1. The van der Waals surface area contributed by atoms with Gasteiger partial charge in [0.15, 0.2) is 5.78 Å². The SMILES string of the molecule is CC(=O)c1ccc(NC(=O)O[C@H](c2ccc(O)cc2)[C@@H](C)CC/C=C/C(=O)O)cc1. The van der Waals surface area contributed by atoms with Gasteiger partial charge in [0, 0.05) is 17.3 Å². The van der Waals surface area contributed by atoms with Gasteiger partial charge in [-0.3, -0.25) is 10.1 Å². The molecule has 0 bridgehead atoms. The molecule has 0 saturated carbocycles. The first-order valence-electron chi connectivity index (χ1n) is 9.53. The van der Waals surface area contributed by atoms with Gasteiger partial charge < -0.3 is 14.9 Å². The highest BCUT2D eigenvalue weighted by molar-refractivity contribution is 5.95. The molecular weight excluding hydrogens is 386 g/mol. The lowest BCUT2D eigenvalue weighted by atomic mass is 9.93. The lowest BCUT2D eigenvalue weighted by molar-refractivity contribution is -0.131. The zero-order chi connectivity index (χ0) is 22.1. The van der Waals surface area contributed by atoms with Gasteiger partial charge in [-0.05, 0) is 67.6 Å². The van der Waals surface area contributed by atoms with E-state index in [0.717, 1.165) is 6.08 Å². The van der Waals surface area contributed by atoms with Crippen LogP contribution in [0.1, 0.15) is 48.7 Å². The number of carbonyl (C=O) groups is 3. The number of phenols is 1. The van der Waals surface area contributed by atoms with Crippen molar-refractivity contribution in [3.05, 3.63) is 71.8 Å². The van der Waals surface area contributed by atoms with Crippen LogP contribution in [0.5, 0.6) is 5.75 Å². The molecule has 3 N–H and O–H groups in total. The molecule has 2 aromatic carbocycles. The summed E-state index contributed by atoms with van der Waals surface area (Å²) in [5, 5.41) is 20.9. The highest BCUT2D eigenvalue weighted by atomic mass is 16.6. The van der Waals surface area contributed by atoms with E-state index in [1.807, 2.05) is 6.92 Å². The van der Waals surface area contributed by atoms with Crippen molar-refractivity contribution in [2.75, 3.05) is 5.32 Å². The van der Waals surface area contributed by atoms with E-state index in [2.05, 4.69) is 5.32 Å². The fourth-order valence-electron chi connectivity index (χ4n) is 2.92. The van der Waals surface area contributed by atoms with Gasteiger partial charge >= 0.3 is 12.1 Å². The minimum atomic E-state index is -1.01. The van der Waals surface area contributed by atoms with Gasteiger partial charge in [0.2, 0.25) is 0 Å². The molecule has 1 amide bonds. The van der Waals surface area contributed by atoms with Crippen LogP contribution in [0.2, 0.25) is 0 Å². The Morgan fingerprint density at radius 1 is 1.07 bits per heavy atom. The number of anilines is 1. The monoisotopic (exact) mass is 411 g/mol. The van der Waals surface area contributed by atoms with E-state index in [1.54, 1.807) is 42.5 Å². The second-order valence-electron chi connectivity index (χ2n) is 6.97. The van der Waals surface area contributed by atoms with Crippen LogP contribution < -0.4 is 5.32 Å². The van der Waals surface area contributed by atoms with E-state index in [0.29, 0.717) is 29.7 Å². The first kappa shape index (κ1) is 22.7. The number of carbonyl (C=O) groups excluding carboxylic acids is 2. The van der Waals surface area contributed by atoms with Crippen molar-refractivity contribution in [3.63, 3.8) is 0 Å². The number of phenolic OH excluding ortho intramolecular Hbond substituents is 1. The summed E-state index contributed by atoms with van der Waals surface area (Å²) in [6.07, 6.45) is 2.50. The molecule has 0 spiro atoms. The Morgan fingerprint density at radius 3 is 2.27 bits per heavy atom. The van der Waals surface area contributed by atoms with E-state index < -0.39 is 18.2 Å². The van der Waals surface area contributed by atoms with Crippen LogP contribution in [-0.2, 0) is 9.53 Å². The van der Waals surface area contributed by atoms with Gasteiger partial charge in [0.25, 0.3) is 0 Å². The summed E-state index contributed by atoms with van der Waals surface area (Å²) < 4.78 is 5.66. The average Bonchev–Trinajstić information content (AvgIpc) is 2.70. The summed E-state index contributed by atoms with van der Waals surface area (Å²) >= 11 is 0. The molecule has 0 unspecified atom stereocenters. The number of ether oxygens (including phenoxy) is 1. The maximum atomic E-state index is 12.5. The van der Waals surface area contributed by atoms with Crippen molar-refractivity contribution in [2.24, 2.45) is 5.92 Å². The quantitative estimate of drug-likeness (QED) is 0.398. The van der Waals surface area contributed by atoms with Crippen LogP contribution in [0, 0.1) is 5.92 Å². The van der Waals surface area contributed by atoms with Crippen LogP contribution in [0.3, 0.4) is 0 Å². The number of allylic oxidation sites excluding steroid dienone is 1. The Kier molecular flexibility index (Phi) is 8.17. The van der Waals surface area contributed by atoms with Gasteiger partial charge in [0.05, 0.1) is 0 Å². The number of hydrogen-bond acceptors (Lipinski definition) is 5. The third-order valence-corrected chi connectivity index (χ3v) is 4.56. The standard InChI is InChI=1S/C23H25NO6/c1-15(5-3-4-6-21(27)28)22(18-9-13-20(26)14-10-18)30-23(29)24-19-11-7-17(8-12-19)16(2)25/h4,6-15,22,26H,3,5H2,1-2H3,(H,24,29)(H,27,28)/b6-4+/t15-,22-/m0/s1. The van der Waals surface area contributed by atoms with E-state index in [9.17, 15) is 19.5 Å². The predicted molar refractivity (Wildman–Crippen MR) is 113 cm³/mol. The maximum absolute atomic E-state index is 12.5. The summed E-state index contributed by atoms with van der Waals surface area (Å²) in [7, 11) is 0. The van der Waals surface area contributed by atoms with Gasteiger partial charge in [-0.2, -0.15) is 0 Å². The number of ketones is 1. The van der Waals surface area contributed by atoms with Gasteiger partial charge in [-0.15, -0.1) is 0 Å². The molecule has 2 rings (SSSR count). The van der Waals surface area contributed by atoms with Crippen LogP contribution in [-0.4, -0.2) is 28.1 Å². The van der Waals surface area contributed by atoms with E-state index in [-0.39, 0.29) is 17.5 Å². The number of aromatic hydroxyl groups is 1. The minimum absolute atomic E-state index is 0.0673. The van der Waals surface area contributed by atoms with Crippen LogP contribution in [0.4, 0.5) is 10.5 Å². The van der Waals surface area contributed by atoms with Crippen molar-refractivity contribution >= 4 is 23.5 Å². The number of Topliss-reactive ketones (excluding diaryl/α,β-unsaturated/α-hetero) is 1. The van der Waals surface area contributed by atoms with Gasteiger partial charge in [-0.25, -0.2) is 9.59 Å². The Hall–Kier alpha value is -3.61. The highest BCUT2D eigenvalue weighted by Gasteiger charge is 2.23. The molecule has 0 radical (unpaired) electrons. The number of aliphatic carboxylic acids is 1. The van der Waals surface area contributed by atoms with Crippen LogP contribution >= 0.6 is 0 Å². The second-order valence-corrected chi connectivity index (χ2v) is 6.97. The molecule has 0 aliphatic carbocycles. The Bertz CT molecular complexity index is 902. The topological polar surface area (TPSA) is 113 Å². The minimum Gasteiger partial charge on any atom is -0.508 e. The zero-order valence-corrected chi connectivity index (χ0v) is 16.9. The third-order valence-electron chi connectivity index (χ3n) is 4.56. The summed E-state index contributed by atoms with van der Waals surface area (Å²) in [5.74, 6) is -1.09. The summed E-state index contributed by atoms with van der Waals surface area (Å²) in [6, 6.07) is 12.9. The van der Waals surface area contributed by atoms with Crippen molar-refractivity contribution in [1.29, 1.82) is 0 Å². The Morgan fingerprint density at radius 2 is 1.70 bits per heavy atom. The van der Waals surface area contributed by atoms with Gasteiger partial charge in [0.1, 0.15) is 11.9 Å². The molecule has 0 aromatic heterocycles. The number of benzene rings is 2. The first-order valence-corrected chi connectivity index (χ1v) is 9.53. The molecule has 7 heteroatoms. The number of amides is 1. The van der Waals surface area contributed by atoms with E-state index in [1.165, 1.54) is 19.1 Å². The van der Waals surface area contributed by atoms with Gasteiger partial charge in [-0.1, -0.05) is 25.1 Å². The molecule has 0 saturated heterocycles. The number of hydrogen-bond donors (Lipinski definition) is 3. The molecule has 158 valence electrons. The largest absolute Gasteiger partial charge is 0.508 e. The second kappa shape index (κ2) is 10.8. The highest BCUT2D eigenvalue weighted by Crippen LogP contribution is 2.31. The Labute approximate surface area is 175 Å². The van der Waals surface area contributed by atoms with Crippen molar-refractivity contribution in [3.8, 4) is 5.75 Å². The fourth-order valence-corrected chi connectivity index (χ4v) is 2.92. The molecule has 30 heavy (non-hydrogen) atoms.